The van der Waals surface area contributed by atoms with Gasteiger partial charge in [-0.1, -0.05) is 5.21 Å². The van der Waals surface area contributed by atoms with E-state index in [9.17, 15) is 13.2 Å². The summed E-state index contributed by atoms with van der Waals surface area (Å²) < 4.78 is 25.6. The van der Waals surface area contributed by atoms with Crippen LogP contribution < -0.4 is 0 Å². The average molecular weight is 260 g/mol. The van der Waals surface area contributed by atoms with Gasteiger partial charge in [0.15, 0.2) is 0 Å². The summed E-state index contributed by atoms with van der Waals surface area (Å²) >= 11 is 0. The Morgan fingerprint density at radius 3 is 2.88 bits per heavy atom. The van der Waals surface area contributed by atoms with Gasteiger partial charge in [-0.25, -0.2) is 13.1 Å². The molecule has 1 saturated heterocycles. The van der Waals surface area contributed by atoms with Crippen LogP contribution in [-0.4, -0.2) is 51.1 Å². The van der Waals surface area contributed by atoms with E-state index in [1.54, 1.807) is 0 Å². The summed E-state index contributed by atoms with van der Waals surface area (Å²) in [5.41, 5.74) is 0.455. The largest absolute Gasteiger partial charge is 0.480 e. The Morgan fingerprint density at radius 1 is 1.53 bits per heavy atom. The maximum atomic E-state index is 11.5. The van der Waals surface area contributed by atoms with Crippen LogP contribution in [0.4, 0.5) is 0 Å². The van der Waals surface area contributed by atoms with E-state index in [2.05, 4.69) is 10.3 Å². The molecule has 2 rings (SSSR count). The first-order valence-electron chi connectivity index (χ1n) is 5.06. The SMILES string of the molecule is O=C(O)Cn1cc(CN2CCCS2(=O)=O)nn1. The first kappa shape index (κ1) is 12.0. The molecule has 0 radical (unpaired) electrons. The maximum absolute atomic E-state index is 11.5. The molecule has 1 aromatic heterocycles. The van der Waals surface area contributed by atoms with Crippen LogP contribution in [-0.2, 0) is 27.9 Å². The van der Waals surface area contributed by atoms with Crippen molar-refractivity contribution in [3.05, 3.63) is 11.9 Å². The van der Waals surface area contributed by atoms with Crippen LogP contribution >= 0.6 is 0 Å². The van der Waals surface area contributed by atoms with Crippen LogP contribution in [0.2, 0.25) is 0 Å². The third kappa shape index (κ3) is 2.80. The summed E-state index contributed by atoms with van der Waals surface area (Å²) in [6, 6.07) is 0. The molecule has 94 valence electrons. The molecule has 0 atom stereocenters. The molecular formula is C8H12N4O4S. The van der Waals surface area contributed by atoms with Gasteiger partial charge >= 0.3 is 5.97 Å². The summed E-state index contributed by atoms with van der Waals surface area (Å²) in [7, 11) is -3.16. The zero-order valence-electron chi connectivity index (χ0n) is 8.98. The van der Waals surface area contributed by atoms with Crippen LogP contribution in [0.25, 0.3) is 0 Å². The zero-order valence-corrected chi connectivity index (χ0v) is 9.80. The van der Waals surface area contributed by atoms with Crippen molar-refractivity contribution >= 4 is 16.0 Å². The third-order valence-corrected chi connectivity index (χ3v) is 4.33. The van der Waals surface area contributed by atoms with Crippen molar-refractivity contribution in [1.29, 1.82) is 0 Å². The maximum Gasteiger partial charge on any atom is 0.325 e. The van der Waals surface area contributed by atoms with Gasteiger partial charge in [0.25, 0.3) is 0 Å². The van der Waals surface area contributed by atoms with Gasteiger partial charge in [-0.15, -0.1) is 5.10 Å². The number of hydrogen-bond donors (Lipinski definition) is 1. The average Bonchev–Trinajstić information content (AvgIpc) is 2.75. The summed E-state index contributed by atoms with van der Waals surface area (Å²) in [6.45, 7) is 0.357. The second-order valence-corrected chi connectivity index (χ2v) is 5.89. The molecule has 0 aliphatic carbocycles. The van der Waals surface area contributed by atoms with Crippen LogP contribution in [0.1, 0.15) is 12.1 Å². The van der Waals surface area contributed by atoms with Gasteiger partial charge in [-0.3, -0.25) is 4.79 Å². The van der Waals surface area contributed by atoms with E-state index in [1.165, 1.54) is 15.2 Å². The smallest absolute Gasteiger partial charge is 0.325 e. The monoisotopic (exact) mass is 260 g/mol. The van der Waals surface area contributed by atoms with Crippen molar-refractivity contribution in [3.63, 3.8) is 0 Å². The summed E-state index contributed by atoms with van der Waals surface area (Å²) in [6.07, 6.45) is 2.06. The Kier molecular flexibility index (Phi) is 3.11. The number of aromatic nitrogens is 3. The normalized spacial score (nSPS) is 19.5. The van der Waals surface area contributed by atoms with Crippen molar-refractivity contribution < 1.29 is 18.3 Å². The Morgan fingerprint density at radius 2 is 2.29 bits per heavy atom. The number of rotatable bonds is 4. The standard InChI is InChI=1S/C8H12N4O4S/c13-8(14)6-11-4-7(9-10-11)5-12-2-1-3-17(12,15)16/h4H,1-3,5-6H2,(H,13,14). The second-order valence-electron chi connectivity index (χ2n) is 3.80. The molecule has 1 aromatic rings. The van der Waals surface area contributed by atoms with Gasteiger partial charge < -0.3 is 5.11 Å². The highest BCUT2D eigenvalue weighted by Gasteiger charge is 2.28. The van der Waals surface area contributed by atoms with E-state index < -0.39 is 16.0 Å². The van der Waals surface area contributed by atoms with Crippen LogP contribution in [0.3, 0.4) is 0 Å². The number of carboxylic acid groups (broad SMARTS) is 1. The molecule has 8 nitrogen and oxygen atoms in total. The molecule has 1 N–H and O–H groups in total. The highest BCUT2D eigenvalue weighted by atomic mass is 32.2. The Hall–Kier alpha value is -1.48. The number of nitrogens with zero attached hydrogens (tertiary/aromatic N) is 4. The third-order valence-electron chi connectivity index (χ3n) is 2.42. The minimum atomic E-state index is -3.16. The summed E-state index contributed by atoms with van der Waals surface area (Å²) in [5, 5.41) is 15.9. The summed E-state index contributed by atoms with van der Waals surface area (Å²) in [4.78, 5) is 10.4. The highest BCUT2D eigenvalue weighted by Crippen LogP contribution is 2.15. The molecule has 0 bridgehead atoms. The molecule has 0 amide bonds. The van der Waals surface area contributed by atoms with E-state index in [0.29, 0.717) is 18.7 Å². The number of carbonyl (C=O) groups is 1. The van der Waals surface area contributed by atoms with Gasteiger partial charge in [-0.2, -0.15) is 4.31 Å². The summed E-state index contributed by atoms with van der Waals surface area (Å²) in [5.74, 6) is -0.855. The van der Waals surface area contributed by atoms with Crippen molar-refractivity contribution in [1.82, 2.24) is 19.3 Å². The molecular weight excluding hydrogens is 248 g/mol. The van der Waals surface area contributed by atoms with Gasteiger partial charge in [-0.05, 0) is 6.42 Å². The fourth-order valence-electron chi connectivity index (χ4n) is 1.68. The number of hydrogen-bond acceptors (Lipinski definition) is 5. The quantitative estimate of drug-likeness (QED) is 0.736. The van der Waals surface area contributed by atoms with Crippen molar-refractivity contribution in [2.75, 3.05) is 12.3 Å². The molecule has 0 unspecified atom stereocenters. The molecule has 0 spiro atoms. The van der Waals surface area contributed by atoms with Crippen molar-refractivity contribution in [2.45, 2.75) is 19.5 Å². The topological polar surface area (TPSA) is 105 Å². The lowest BCUT2D eigenvalue weighted by atomic mass is 10.4. The minimum absolute atomic E-state index is 0.155. The predicted molar refractivity (Wildman–Crippen MR) is 56.5 cm³/mol. The lowest BCUT2D eigenvalue weighted by Crippen LogP contribution is -2.25. The molecule has 17 heavy (non-hydrogen) atoms. The lowest BCUT2D eigenvalue weighted by Gasteiger charge is -2.11. The first-order chi connectivity index (χ1) is 7.97. The van der Waals surface area contributed by atoms with Crippen molar-refractivity contribution in [3.8, 4) is 0 Å². The zero-order chi connectivity index (χ0) is 12.5. The number of sulfonamides is 1. The van der Waals surface area contributed by atoms with E-state index in [4.69, 9.17) is 5.11 Å². The van der Waals surface area contributed by atoms with E-state index in [-0.39, 0.29) is 18.8 Å². The Balaban J connectivity index is 2.04. The Bertz CT molecular complexity index is 523. The predicted octanol–water partition coefficient (Wildman–Crippen LogP) is -1.10. The Labute approximate surface area is 97.9 Å². The fourth-order valence-corrected chi connectivity index (χ4v) is 3.16. The fraction of sp³-hybridized carbons (Fsp3) is 0.625. The van der Waals surface area contributed by atoms with Crippen LogP contribution in [0.15, 0.2) is 6.20 Å². The molecule has 1 aliphatic rings. The molecule has 0 saturated carbocycles. The highest BCUT2D eigenvalue weighted by molar-refractivity contribution is 7.89. The second kappa shape index (κ2) is 4.41. The molecule has 1 aliphatic heterocycles. The van der Waals surface area contributed by atoms with Gasteiger partial charge in [0.1, 0.15) is 6.54 Å². The van der Waals surface area contributed by atoms with Crippen LogP contribution in [0.5, 0.6) is 0 Å². The lowest BCUT2D eigenvalue weighted by molar-refractivity contribution is -0.137. The number of carboxylic acids is 1. The molecule has 0 aromatic carbocycles. The van der Waals surface area contributed by atoms with E-state index in [0.717, 1.165) is 0 Å². The van der Waals surface area contributed by atoms with Gasteiger partial charge in [0.05, 0.1) is 24.2 Å². The van der Waals surface area contributed by atoms with Crippen molar-refractivity contribution in [2.24, 2.45) is 0 Å². The molecule has 1 fully saturated rings. The van der Waals surface area contributed by atoms with Gasteiger partial charge in [0.2, 0.25) is 10.0 Å². The van der Waals surface area contributed by atoms with Gasteiger partial charge in [0, 0.05) is 6.54 Å². The minimum Gasteiger partial charge on any atom is -0.480 e. The molecule has 2 heterocycles. The van der Waals surface area contributed by atoms with E-state index >= 15 is 0 Å². The van der Waals surface area contributed by atoms with Crippen LogP contribution in [0, 0.1) is 0 Å². The first-order valence-corrected chi connectivity index (χ1v) is 6.67. The molecule has 9 heteroatoms. The van der Waals surface area contributed by atoms with E-state index in [1.807, 2.05) is 0 Å². The number of aliphatic carboxylic acids is 1.